The Bertz CT molecular complexity index is 951. The molecule has 2 heterocycles. The number of benzene rings is 1. The van der Waals surface area contributed by atoms with Crippen molar-refractivity contribution in [2.75, 3.05) is 18.9 Å². The van der Waals surface area contributed by atoms with Crippen molar-refractivity contribution < 1.29 is 4.79 Å². The molecule has 2 aromatic heterocycles. The first kappa shape index (κ1) is 20.7. The summed E-state index contributed by atoms with van der Waals surface area (Å²) < 4.78 is 0. The van der Waals surface area contributed by atoms with Crippen LogP contribution in [0.25, 0.3) is 10.6 Å². The van der Waals surface area contributed by atoms with E-state index in [0.29, 0.717) is 13.1 Å². The van der Waals surface area contributed by atoms with Gasteiger partial charge in [0.2, 0.25) is 5.91 Å². The molecule has 6 heteroatoms. The van der Waals surface area contributed by atoms with Gasteiger partial charge in [-0.25, -0.2) is 4.98 Å². The second-order valence-corrected chi connectivity index (χ2v) is 9.35. The zero-order chi connectivity index (χ0) is 20.3. The van der Waals surface area contributed by atoms with Crippen LogP contribution in [0.5, 0.6) is 0 Å². The fourth-order valence-electron chi connectivity index (χ4n) is 3.29. The van der Waals surface area contributed by atoms with Crippen molar-refractivity contribution in [1.29, 1.82) is 0 Å². The first-order valence-corrected chi connectivity index (χ1v) is 11.1. The molecule has 148 valence electrons. The van der Waals surface area contributed by atoms with Crippen LogP contribution in [0.4, 0.5) is 5.69 Å². The van der Waals surface area contributed by atoms with Crippen molar-refractivity contribution in [2.24, 2.45) is 0 Å². The van der Waals surface area contributed by atoms with Crippen molar-refractivity contribution >= 4 is 34.3 Å². The number of hydrogen-bond acceptors (Lipinski definition) is 5. The molecule has 1 N–H and O–H groups in total. The van der Waals surface area contributed by atoms with Gasteiger partial charge in [0.25, 0.3) is 0 Å². The van der Waals surface area contributed by atoms with E-state index < -0.39 is 0 Å². The third-order valence-electron chi connectivity index (χ3n) is 4.57. The van der Waals surface area contributed by atoms with Gasteiger partial charge in [-0.15, -0.1) is 22.7 Å². The van der Waals surface area contributed by atoms with E-state index in [2.05, 4.69) is 48.8 Å². The predicted octanol–water partition coefficient (Wildman–Crippen LogP) is 5.43. The van der Waals surface area contributed by atoms with Crippen molar-refractivity contribution in [3.63, 3.8) is 0 Å². The van der Waals surface area contributed by atoms with Crippen LogP contribution in [-0.2, 0) is 17.8 Å². The number of carbonyl (C=O) groups excluding carboxylic acids is 1. The average molecular weight is 414 g/mol. The topological polar surface area (TPSA) is 45.2 Å². The number of rotatable bonds is 7. The molecule has 0 aliphatic carbocycles. The second-order valence-electron chi connectivity index (χ2n) is 7.24. The van der Waals surface area contributed by atoms with Gasteiger partial charge in [0.15, 0.2) is 0 Å². The first-order valence-electron chi connectivity index (χ1n) is 9.45. The summed E-state index contributed by atoms with van der Waals surface area (Å²) in [4.78, 5) is 21.8. The fourth-order valence-corrected chi connectivity index (χ4v) is 5.15. The number of nitrogens with one attached hydrogen (secondary N) is 1. The minimum absolute atomic E-state index is 0.000164. The van der Waals surface area contributed by atoms with Gasteiger partial charge in [-0.3, -0.25) is 9.69 Å². The normalized spacial score (nSPS) is 11.2. The van der Waals surface area contributed by atoms with E-state index in [4.69, 9.17) is 4.98 Å². The lowest BCUT2D eigenvalue weighted by Crippen LogP contribution is -2.30. The van der Waals surface area contributed by atoms with Crippen LogP contribution in [0.3, 0.4) is 0 Å². The van der Waals surface area contributed by atoms with Crippen molar-refractivity contribution in [3.05, 3.63) is 56.2 Å². The molecular weight excluding hydrogens is 386 g/mol. The quantitative estimate of drug-likeness (QED) is 0.562. The Morgan fingerprint density at radius 1 is 1.18 bits per heavy atom. The smallest absolute Gasteiger partial charge is 0.238 e. The highest BCUT2D eigenvalue weighted by atomic mass is 32.1. The Kier molecular flexibility index (Phi) is 6.65. The standard InChI is InChI=1S/C22H27N3OS2/c1-6-17-7-8-19(28-17)18-13-27-21(23-18)12-25(5)11-20(26)24-22-15(3)9-14(2)10-16(22)4/h7-10,13H,6,11-12H2,1-5H3,(H,24,26). The van der Waals surface area contributed by atoms with Crippen LogP contribution in [0.2, 0.25) is 0 Å². The zero-order valence-electron chi connectivity index (χ0n) is 17.1. The largest absolute Gasteiger partial charge is 0.324 e. The molecule has 0 bridgehead atoms. The maximum Gasteiger partial charge on any atom is 0.238 e. The lowest BCUT2D eigenvalue weighted by Gasteiger charge is -2.17. The Balaban J connectivity index is 1.58. The molecule has 0 saturated carbocycles. The van der Waals surface area contributed by atoms with Gasteiger partial charge < -0.3 is 5.32 Å². The monoisotopic (exact) mass is 413 g/mol. The third kappa shape index (κ3) is 5.07. The van der Waals surface area contributed by atoms with E-state index in [9.17, 15) is 4.79 Å². The van der Waals surface area contributed by atoms with Gasteiger partial charge in [-0.1, -0.05) is 24.6 Å². The van der Waals surface area contributed by atoms with Gasteiger partial charge in [0.1, 0.15) is 5.01 Å². The molecule has 4 nitrogen and oxygen atoms in total. The molecule has 0 aliphatic heterocycles. The maximum absolute atomic E-state index is 12.5. The molecule has 1 amide bonds. The summed E-state index contributed by atoms with van der Waals surface area (Å²) in [5, 5.41) is 6.20. The molecule has 0 radical (unpaired) electrons. The molecule has 0 saturated heterocycles. The van der Waals surface area contributed by atoms with E-state index >= 15 is 0 Å². The summed E-state index contributed by atoms with van der Waals surface area (Å²) in [5.74, 6) is 0.000164. The Hall–Kier alpha value is -2.02. The van der Waals surface area contributed by atoms with Crippen LogP contribution < -0.4 is 5.32 Å². The van der Waals surface area contributed by atoms with E-state index in [0.717, 1.165) is 33.9 Å². The van der Waals surface area contributed by atoms with Gasteiger partial charge in [0, 0.05) is 15.9 Å². The summed E-state index contributed by atoms with van der Waals surface area (Å²) in [5.41, 5.74) is 5.36. The number of hydrogen-bond donors (Lipinski definition) is 1. The number of amides is 1. The molecule has 3 rings (SSSR count). The molecule has 0 atom stereocenters. The molecule has 0 spiro atoms. The van der Waals surface area contributed by atoms with E-state index in [-0.39, 0.29) is 5.91 Å². The van der Waals surface area contributed by atoms with Crippen LogP contribution in [0.15, 0.2) is 29.6 Å². The first-order chi connectivity index (χ1) is 13.4. The van der Waals surface area contributed by atoms with E-state index in [1.165, 1.54) is 15.3 Å². The van der Waals surface area contributed by atoms with Gasteiger partial charge in [-0.05, 0) is 57.5 Å². The highest BCUT2D eigenvalue weighted by Crippen LogP contribution is 2.29. The highest BCUT2D eigenvalue weighted by molar-refractivity contribution is 7.16. The number of thiophene rings is 1. The maximum atomic E-state index is 12.5. The number of aryl methyl sites for hydroxylation is 4. The molecule has 1 aromatic carbocycles. The second kappa shape index (κ2) is 8.99. The zero-order valence-corrected chi connectivity index (χ0v) is 18.8. The Morgan fingerprint density at radius 3 is 2.54 bits per heavy atom. The molecule has 28 heavy (non-hydrogen) atoms. The van der Waals surface area contributed by atoms with Crippen molar-refractivity contribution in [2.45, 2.75) is 40.7 Å². The van der Waals surface area contributed by atoms with Gasteiger partial charge in [-0.2, -0.15) is 0 Å². The molecule has 0 fully saturated rings. The molecule has 0 aliphatic rings. The Labute approximate surface area is 175 Å². The van der Waals surface area contributed by atoms with E-state index in [1.807, 2.05) is 25.8 Å². The molecular formula is C22H27N3OS2. The van der Waals surface area contributed by atoms with Crippen molar-refractivity contribution in [1.82, 2.24) is 9.88 Å². The number of likely N-dealkylation sites (N-methyl/N-ethyl adjacent to an activating group) is 1. The average Bonchev–Trinajstić information content (AvgIpc) is 3.26. The highest BCUT2D eigenvalue weighted by Gasteiger charge is 2.13. The lowest BCUT2D eigenvalue weighted by atomic mass is 10.1. The lowest BCUT2D eigenvalue weighted by molar-refractivity contribution is -0.117. The third-order valence-corrected chi connectivity index (χ3v) is 6.66. The number of aromatic nitrogens is 1. The number of nitrogens with zero attached hydrogens (tertiary/aromatic N) is 2. The van der Waals surface area contributed by atoms with Crippen LogP contribution in [0.1, 0.15) is 33.5 Å². The SMILES string of the molecule is CCc1ccc(-c2csc(CN(C)CC(=O)Nc3c(C)cc(C)cc3C)n2)s1. The Morgan fingerprint density at radius 2 is 1.89 bits per heavy atom. The summed E-state index contributed by atoms with van der Waals surface area (Å²) in [7, 11) is 1.95. The van der Waals surface area contributed by atoms with Crippen molar-refractivity contribution in [3.8, 4) is 10.6 Å². The minimum atomic E-state index is 0.000164. The molecule has 0 unspecified atom stereocenters. The minimum Gasteiger partial charge on any atom is -0.324 e. The van der Waals surface area contributed by atoms with Crippen LogP contribution >= 0.6 is 22.7 Å². The summed E-state index contributed by atoms with van der Waals surface area (Å²) in [6.07, 6.45) is 1.06. The fraction of sp³-hybridized carbons (Fsp3) is 0.364. The number of anilines is 1. The molecule has 3 aromatic rings. The predicted molar refractivity (Wildman–Crippen MR) is 120 cm³/mol. The summed E-state index contributed by atoms with van der Waals surface area (Å²) in [6, 6.07) is 8.51. The summed E-state index contributed by atoms with van der Waals surface area (Å²) in [6.45, 7) is 9.30. The van der Waals surface area contributed by atoms with Crippen LogP contribution in [0, 0.1) is 20.8 Å². The van der Waals surface area contributed by atoms with Crippen LogP contribution in [-0.4, -0.2) is 29.4 Å². The van der Waals surface area contributed by atoms with Gasteiger partial charge in [0.05, 0.1) is 23.7 Å². The van der Waals surface area contributed by atoms with Gasteiger partial charge >= 0.3 is 0 Å². The van der Waals surface area contributed by atoms with E-state index in [1.54, 1.807) is 22.7 Å². The number of thiazole rings is 1. The summed E-state index contributed by atoms with van der Waals surface area (Å²) >= 11 is 3.45. The number of carbonyl (C=O) groups is 1.